The molecular formula is C19H19F2N3O3. The van der Waals surface area contributed by atoms with Gasteiger partial charge in [-0.1, -0.05) is 18.2 Å². The van der Waals surface area contributed by atoms with Crippen LogP contribution in [-0.4, -0.2) is 50.2 Å². The second-order valence-corrected chi connectivity index (χ2v) is 6.01. The Morgan fingerprint density at radius 1 is 0.963 bits per heavy atom. The van der Waals surface area contributed by atoms with E-state index in [-0.39, 0.29) is 0 Å². The number of piperazine rings is 1. The van der Waals surface area contributed by atoms with Gasteiger partial charge in [-0.15, -0.1) is 0 Å². The summed E-state index contributed by atoms with van der Waals surface area (Å²) in [5.74, 6) is -2.08. The van der Waals surface area contributed by atoms with Gasteiger partial charge in [-0.2, -0.15) is 0 Å². The number of carbonyl (C=O) groups excluding carboxylic acids is 2. The average molecular weight is 375 g/mol. The van der Waals surface area contributed by atoms with Gasteiger partial charge in [0.1, 0.15) is 17.3 Å². The molecule has 0 radical (unpaired) electrons. The number of ether oxygens (including phenoxy) is 1. The van der Waals surface area contributed by atoms with Crippen LogP contribution in [0.5, 0.6) is 0 Å². The summed E-state index contributed by atoms with van der Waals surface area (Å²) >= 11 is 0. The number of hydrogen-bond donors (Lipinski definition) is 1. The standard InChI is InChI=1S/C19H19F2N3O3/c1-27-18(25)13-5-2-3-8-16(13)23-9-11-24(12-10-23)19(26)22-17-14(20)6-4-7-15(17)21/h2-8H,9-12H2,1H3,(H,22,26). The fourth-order valence-corrected chi connectivity index (χ4v) is 2.99. The SMILES string of the molecule is COC(=O)c1ccccc1N1CCN(C(=O)Nc2c(F)cccc2F)CC1. The van der Waals surface area contributed by atoms with Gasteiger partial charge < -0.3 is 19.9 Å². The van der Waals surface area contributed by atoms with Crippen LogP contribution in [0.15, 0.2) is 42.5 Å². The summed E-state index contributed by atoms with van der Waals surface area (Å²) in [6.07, 6.45) is 0. The molecule has 0 atom stereocenters. The minimum absolute atomic E-state index is 0.345. The Morgan fingerprint density at radius 2 is 1.59 bits per heavy atom. The van der Waals surface area contributed by atoms with Crippen LogP contribution in [-0.2, 0) is 4.74 Å². The van der Waals surface area contributed by atoms with Gasteiger partial charge in [0.15, 0.2) is 0 Å². The molecule has 0 aromatic heterocycles. The summed E-state index contributed by atoms with van der Waals surface area (Å²) in [5.41, 5.74) is 0.719. The van der Waals surface area contributed by atoms with E-state index in [0.717, 1.165) is 17.8 Å². The quantitative estimate of drug-likeness (QED) is 0.838. The Labute approximate surface area is 155 Å². The molecule has 1 aliphatic rings. The van der Waals surface area contributed by atoms with Crippen LogP contribution in [0.4, 0.5) is 25.0 Å². The van der Waals surface area contributed by atoms with E-state index in [9.17, 15) is 18.4 Å². The van der Waals surface area contributed by atoms with Crippen molar-refractivity contribution in [2.45, 2.75) is 0 Å². The normalized spacial score (nSPS) is 14.0. The number of nitrogens with one attached hydrogen (secondary N) is 1. The molecular weight excluding hydrogens is 356 g/mol. The summed E-state index contributed by atoms with van der Waals surface area (Å²) in [6.45, 7) is 1.64. The molecule has 2 aromatic rings. The third-order valence-corrected chi connectivity index (χ3v) is 4.41. The maximum atomic E-state index is 13.7. The predicted octanol–water partition coefficient (Wildman–Crippen LogP) is 3.11. The Morgan fingerprint density at radius 3 is 2.22 bits per heavy atom. The number of nitrogens with zero attached hydrogens (tertiary/aromatic N) is 2. The van der Waals surface area contributed by atoms with Crippen molar-refractivity contribution in [3.63, 3.8) is 0 Å². The van der Waals surface area contributed by atoms with Crippen LogP contribution >= 0.6 is 0 Å². The molecule has 1 aliphatic heterocycles. The summed E-state index contributed by atoms with van der Waals surface area (Å²) < 4.78 is 32.2. The Balaban J connectivity index is 1.66. The van der Waals surface area contributed by atoms with Crippen molar-refractivity contribution < 1.29 is 23.1 Å². The van der Waals surface area contributed by atoms with Crippen molar-refractivity contribution in [3.8, 4) is 0 Å². The summed E-state index contributed by atoms with van der Waals surface area (Å²) in [6, 6.07) is 9.90. The van der Waals surface area contributed by atoms with E-state index in [1.54, 1.807) is 12.1 Å². The van der Waals surface area contributed by atoms with Crippen molar-refractivity contribution in [2.24, 2.45) is 0 Å². The van der Waals surface area contributed by atoms with Gasteiger partial charge in [-0.25, -0.2) is 18.4 Å². The first kappa shape index (κ1) is 18.6. The molecule has 2 aromatic carbocycles. The van der Waals surface area contributed by atoms with Crippen LogP contribution in [0, 0.1) is 11.6 Å². The smallest absolute Gasteiger partial charge is 0.339 e. The van der Waals surface area contributed by atoms with E-state index < -0.39 is 29.3 Å². The highest BCUT2D eigenvalue weighted by molar-refractivity contribution is 5.96. The first-order chi connectivity index (χ1) is 13.0. The van der Waals surface area contributed by atoms with E-state index in [1.165, 1.54) is 18.1 Å². The van der Waals surface area contributed by atoms with Crippen LogP contribution in [0.25, 0.3) is 0 Å². The maximum Gasteiger partial charge on any atom is 0.339 e. The Kier molecular flexibility index (Phi) is 5.54. The monoisotopic (exact) mass is 375 g/mol. The number of amides is 2. The van der Waals surface area contributed by atoms with Gasteiger partial charge in [-0.3, -0.25) is 0 Å². The van der Waals surface area contributed by atoms with Crippen molar-refractivity contribution >= 4 is 23.4 Å². The van der Waals surface area contributed by atoms with Gasteiger partial charge in [0.25, 0.3) is 0 Å². The van der Waals surface area contributed by atoms with Gasteiger partial charge in [0.05, 0.1) is 18.4 Å². The molecule has 3 rings (SSSR count). The van der Waals surface area contributed by atoms with Crippen LogP contribution in [0.1, 0.15) is 10.4 Å². The number of rotatable bonds is 3. The van der Waals surface area contributed by atoms with E-state index in [0.29, 0.717) is 31.7 Å². The molecule has 0 spiro atoms. The van der Waals surface area contributed by atoms with Gasteiger partial charge in [0, 0.05) is 26.2 Å². The zero-order valence-corrected chi connectivity index (χ0v) is 14.7. The lowest BCUT2D eigenvalue weighted by molar-refractivity contribution is 0.0601. The average Bonchev–Trinajstić information content (AvgIpc) is 2.70. The molecule has 8 heteroatoms. The first-order valence-electron chi connectivity index (χ1n) is 8.43. The number of benzene rings is 2. The Hall–Kier alpha value is -3.16. The molecule has 1 N–H and O–H groups in total. The number of halogens is 2. The molecule has 1 saturated heterocycles. The zero-order valence-electron chi connectivity index (χ0n) is 14.7. The minimum atomic E-state index is -0.825. The minimum Gasteiger partial charge on any atom is -0.465 e. The molecule has 1 heterocycles. The van der Waals surface area contributed by atoms with Gasteiger partial charge in [0.2, 0.25) is 0 Å². The van der Waals surface area contributed by atoms with Gasteiger partial charge in [-0.05, 0) is 24.3 Å². The summed E-state index contributed by atoms with van der Waals surface area (Å²) in [7, 11) is 1.32. The number of hydrogen-bond acceptors (Lipinski definition) is 4. The number of methoxy groups -OCH3 is 1. The highest BCUT2D eigenvalue weighted by atomic mass is 19.1. The molecule has 27 heavy (non-hydrogen) atoms. The largest absolute Gasteiger partial charge is 0.465 e. The molecule has 142 valence electrons. The summed E-state index contributed by atoms with van der Waals surface area (Å²) in [5, 5.41) is 2.29. The van der Waals surface area contributed by atoms with Gasteiger partial charge >= 0.3 is 12.0 Å². The topological polar surface area (TPSA) is 61.9 Å². The zero-order chi connectivity index (χ0) is 19.4. The van der Waals surface area contributed by atoms with Crippen molar-refractivity contribution in [1.82, 2.24) is 4.90 Å². The number of esters is 1. The lowest BCUT2D eigenvalue weighted by Gasteiger charge is -2.36. The lowest BCUT2D eigenvalue weighted by Crippen LogP contribution is -2.50. The Bertz CT molecular complexity index is 832. The number of anilines is 2. The third-order valence-electron chi connectivity index (χ3n) is 4.41. The fraction of sp³-hybridized carbons (Fsp3) is 0.263. The second-order valence-electron chi connectivity index (χ2n) is 6.01. The maximum absolute atomic E-state index is 13.7. The molecule has 2 amide bonds. The molecule has 1 fully saturated rings. The molecule has 0 saturated carbocycles. The van der Waals surface area contributed by atoms with Crippen molar-refractivity contribution in [2.75, 3.05) is 43.5 Å². The highest BCUT2D eigenvalue weighted by Gasteiger charge is 2.25. The third kappa shape index (κ3) is 3.99. The van der Waals surface area contributed by atoms with Crippen LogP contribution in [0.2, 0.25) is 0 Å². The number of para-hydroxylation sites is 2. The lowest BCUT2D eigenvalue weighted by atomic mass is 10.1. The van der Waals surface area contributed by atoms with Crippen LogP contribution < -0.4 is 10.2 Å². The summed E-state index contributed by atoms with van der Waals surface area (Å²) in [4.78, 5) is 27.7. The van der Waals surface area contributed by atoms with Crippen molar-refractivity contribution in [1.29, 1.82) is 0 Å². The van der Waals surface area contributed by atoms with E-state index in [2.05, 4.69) is 5.32 Å². The van der Waals surface area contributed by atoms with E-state index >= 15 is 0 Å². The van der Waals surface area contributed by atoms with E-state index in [4.69, 9.17) is 4.74 Å². The molecule has 0 unspecified atom stereocenters. The van der Waals surface area contributed by atoms with E-state index in [1.807, 2.05) is 17.0 Å². The molecule has 0 aliphatic carbocycles. The molecule has 0 bridgehead atoms. The fourth-order valence-electron chi connectivity index (χ4n) is 2.99. The first-order valence-corrected chi connectivity index (χ1v) is 8.43. The predicted molar refractivity (Wildman–Crippen MR) is 96.9 cm³/mol. The van der Waals surface area contributed by atoms with Crippen molar-refractivity contribution in [3.05, 3.63) is 59.7 Å². The molecule has 6 nitrogen and oxygen atoms in total. The van der Waals surface area contributed by atoms with Crippen LogP contribution in [0.3, 0.4) is 0 Å². The number of urea groups is 1. The number of carbonyl (C=O) groups is 2. The highest BCUT2D eigenvalue weighted by Crippen LogP contribution is 2.23. The second kappa shape index (κ2) is 8.03.